The van der Waals surface area contributed by atoms with Crippen molar-refractivity contribution >= 4 is 5.69 Å². The third-order valence-corrected chi connectivity index (χ3v) is 7.84. The number of aryl methyl sites for hydroxylation is 2. The lowest BCUT2D eigenvalue weighted by Gasteiger charge is -2.62. The van der Waals surface area contributed by atoms with Crippen molar-refractivity contribution in [1.82, 2.24) is 4.57 Å². The summed E-state index contributed by atoms with van der Waals surface area (Å²) in [5.74, 6) is 0. The first-order chi connectivity index (χ1) is 11.1. The molecule has 128 valence electrons. The Hall–Kier alpha value is -1.70. The number of para-hydroxylation sites is 1. The predicted octanol–water partition coefficient (Wildman–Crippen LogP) is 5.45. The zero-order chi connectivity index (χ0) is 17.7. The summed E-state index contributed by atoms with van der Waals surface area (Å²) in [6, 6.07) is 9.58. The minimum absolute atomic E-state index is 0.00831. The summed E-state index contributed by atoms with van der Waals surface area (Å²) in [5, 5.41) is 0. The molecule has 1 aromatic heterocycles. The zero-order valence-electron chi connectivity index (χ0n) is 16.4. The van der Waals surface area contributed by atoms with Gasteiger partial charge in [0.1, 0.15) is 0 Å². The Bertz CT molecular complexity index is 840. The van der Waals surface area contributed by atoms with Crippen molar-refractivity contribution in [3.63, 3.8) is 0 Å². The summed E-state index contributed by atoms with van der Waals surface area (Å²) in [6.07, 6.45) is 2.24. The highest BCUT2D eigenvalue weighted by atomic mass is 15.3. The Kier molecular flexibility index (Phi) is 2.82. The van der Waals surface area contributed by atoms with Crippen molar-refractivity contribution in [1.29, 1.82) is 0 Å². The van der Waals surface area contributed by atoms with E-state index >= 15 is 0 Å². The molecule has 4 rings (SSSR count). The van der Waals surface area contributed by atoms with E-state index in [-0.39, 0.29) is 16.4 Å². The molecule has 0 aliphatic carbocycles. The van der Waals surface area contributed by atoms with E-state index in [1.807, 2.05) is 0 Å². The summed E-state index contributed by atoms with van der Waals surface area (Å²) in [7, 11) is 2.19. The van der Waals surface area contributed by atoms with Crippen LogP contribution >= 0.6 is 0 Å². The smallest absolute Gasteiger partial charge is 0.0710 e. The fourth-order valence-electron chi connectivity index (χ4n) is 5.60. The molecule has 2 aromatic rings. The van der Waals surface area contributed by atoms with E-state index in [1.165, 1.54) is 28.1 Å². The third kappa shape index (κ3) is 1.41. The Morgan fingerprint density at radius 2 is 1.62 bits per heavy atom. The lowest BCUT2D eigenvalue weighted by molar-refractivity contribution is 0.0651. The maximum Gasteiger partial charge on any atom is 0.0710 e. The van der Waals surface area contributed by atoms with Gasteiger partial charge in [0.05, 0.1) is 11.6 Å². The lowest BCUT2D eigenvalue weighted by atomic mass is 9.51. The SMILES string of the molecule is Cc1cccc2c1N1C(C)c3c(ccn3C)C1(C)C(C)(C)C2(C)C. The van der Waals surface area contributed by atoms with Crippen molar-refractivity contribution in [3.8, 4) is 0 Å². The number of aromatic nitrogens is 1. The van der Waals surface area contributed by atoms with Gasteiger partial charge < -0.3 is 9.47 Å². The highest BCUT2D eigenvalue weighted by Gasteiger charge is 2.64. The number of rotatable bonds is 0. The van der Waals surface area contributed by atoms with Gasteiger partial charge in [-0.25, -0.2) is 0 Å². The van der Waals surface area contributed by atoms with Crippen LogP contribution in [-0.4, -0.2) is 4.57 Å². The summed E-state index contributed by atoms with van der Waals surface area (Å²) < 4.78 is 2.32. The standard InChI is InChI=1S/C22H30N2/c1-14-10-9-11-16-18(14)24-15(2)19-17(12-13-23(19)8)22(24,7)21(5,6)20(16,3)4/h9-13,15H,1-8H3. The van der Waals surface area contributed by atoms with Gasteiger partial charge in [0, 0.05) is 35.6 Å². The van der Waals surface area contributed by atoms with E-state index in [2.05, 4.69) is 95.4 Å². The Labute approximate surface area is 146 Å². The predicted molar refractivity (Wildman–Crippen MR) is 102 cm³/mol. The molecular weight excluding hydrogens is 292 g/mol. The second kappa shape index (κ2) is 4.28. The van der Waals surface area contributed by atoms with E-state index < -0.39 is 0 Å². The third-order valence-electron chi connectivity index (χ3n) is 7.84. The molecule has 2 atom stereocenters. The molecule has 0 saturated heterocycles. The molecule has 0 amide bonds. The van der Waals surface area contributed by atoms with Crippen LogP contribution in [0.3, 0.4) is 0 Å². The van der Waals surface area contributed by atoms with Gasteiger partial charge in [-0.3, -0.25) is 0 Å². The number of hydrogen-bond acceptors (Lipinski definition) is 1. The van der Waals surface area contributed by atoms with E-state index in [9.17, 15) is 0 Å². The molecule has 2 heteroatoms. The van der Waals surface area contributed by atoms with Crippen LogP contribution in [0.15, 0.2) is 30.5 Å². The minimum atomic E-state index is -0.00831. The summed E-state index contributed by atoms with van der Waals surface area (Å²) in [4.78, 5) is 2.72. The first-order valence-corrected chi connectivity index (χ1v) is 9.12. The van der Waals surface area contributed by atoms with Gasteiger partial charge >= 0.3 is 0 Å². The summed E-state index contributed by atoms with van der Waals surface area (Å²) in [6.45, 7) is 16.9. The molecule has 24 heavy (non-hydrogen) atoms. The van der Waals surface area contributed by atoms with Crippen LogP contribution in [0.5, 0.6) is 0 Å². The van der Waals surface area contributed by atoms with Crippen LogP contribution in [0.4, 0.5) is 5.69 Å². The van der Waals surface area contributed by atoms with Gasteiger partial charge in [0.15, 0.2) is 0 Å². The molecule has 3 heterocycles. The van der Waals surface area contributed by atoms with Gasteiger partial charge in [0.25, 0.3) is 0 Å². The number of hydrogen-bond donors (Lipinski definition) is 0. The molecular formula is C22H30N2. The highest BCUT2D eigenvalue weighted by Crippen LogP contribution is 2.67. The molecule has 0 radical (unpaired) electrons. The van der Waals surface area contributed by atoms with E-state index in [4.69, 9.17) is 0 Å². The molecule has 2 nitrogen and oxygen atoms in total. The maximum absolute atomic E-state index is 2.72. The number of fused-ring (bicyclic) bond motifs is 5. The first-order valence-electron chi connectivity index (χ1n) is 9.12. The molecule has 0 N–H and O–H groups in total. The Morgan fingerprint density at radius 3 is 2.29 bits per heavy atom. The second-order valence-electron chi connectivity index (χ2n) is 9.06. The van der Waals surface area contributed by atoms with Crippen LogP contribution in [0.25, 0.3) is 0 Å². The Morgan fingerprint density at radius 1 is 0.958 bits per heavy atom. The molecule has 2 aliphatic rings. The maximum atomic E-state index is 2.72. The van der Waals surface area contributed by atoms with E-state index in [1.54, 1.807) is 0 Å². The zero-order valence-corrected chi connectivity index (χ0v) is 16.4. The molecule has 2 unspecified atom stereocenters. The van der Waals surface area contributed by atoms with Crippen LogP contribution < -0.4 is 4.90 Å². The molecule has 0 bridgehead atoms. The average Bonchev–Trinajstić information content (AvgIpc) is 2.98. The first kappa shape index (κ1) is 15.8. The molecule has 0 fully saturated rings. The lowest BCUT2D eigenvalue weighted by Crippen LogP contribution is -2.62. The van der Waals surface area contributed by atoms with Crippen molar-refractivity contribution in [2.75, 3.05) is 4.90 Å². The quantitative estimate of drug-likeness (QED) is 0.626. The highest BCUT2D eigenvalue weighted by molar-refractivity contribution is 5.72. The summed E-state index contributed by atoms with van der Waals surface area (Å²) in [5.41, 5.74) is 7.49. The number of nitrogens with zero attached hydrogens (tertiary/aromatic N) is 2. The van der Waals surface area contributed by atoms with Gasteiger partial charge in [-0.1, -0.05) is 45.9 Å². The van der Waals surface area contributed by atoms with Crippen LogP contribution in [-0.2, 0) is 18.0 Å². The fourth-order valence-corrected chi connectivity index (χ4v) is 5.60. The van der Waals surface area contributed by atoms with Gasteiger partial charge in [-0.15, -0.1) is 0 Å². The van der Waals surface area contributed by atoms with Crippen LogP contribution in [0.1, 0.15) is 70.0 Å². The van der Waals surface area contributed by atoms with Gasteiger partial charge in [-0.2, -0.15) is 0 Å². The minimum Gasteiger partial charge on any atom is -0.353 e. The van der Waals surface area contributed by atoms with Crippen molar-refractivity contribution in [2.24, 2.45) is 12.5 Å². The van der Waals surface area contributed by atoms with E-state index in [0.29, 0.717) is 6.04 Å². The molecule has 0 saturated carbocycles. The van der Waals surface area contributed by atoms with Crippen LogP contribution in [0, 0.1) is 12.3 Å². The summed E-state index contributed by atoms with van der Waals surface area (Å²) >= 11 is 0. The largest absolute Gasteiger partial charge is 0.353 e. The topological polar surface area (TPSA) is 8.17 Å². The molecule has 0 spiro atoms. The fraction of sp³-hybridized carbons (Fsp3) is 0.545. The molecule has 1 aromatic carbocycles. The van der Waals surface area contributed by atoms with Crippen LogP contribution in [0.2, 0.25) is 0 Å². The number of benzene rings is 1. The normalized spacial score (nSPS) is 29.2. The number of anilines is 1. The van der Waals surface area contributed by atoms with E-state index in [0.717, 1.165) is 0 Å². The monoisotopic (exact) mass is 322 g/mol. The molecule has 2 aliphatic heterocycles. The second-order valence-corrected chi connectivity index (χ2v) is 9.06. The van der Waals surface area contributed by atoms with Crippen molar-refractivity contribution in [2.45, 2.75) is 65.5 Å². The van der Waals surface area contributed by atoms with Gasteiger partial charge in [0.2, 0.25) is 0 Å². The Balaban J connectivity index is 2.15. The van der Waals surface area contributed by atoms with Gasteiger partial charge in [-0.05, 0) is 43.4 Å². The average molecular weight is 322 g/mol. The van der Waals surface area contributed by atoms with Crippen molar-refractivity contribution in [3.05, 3.63) is 52.8 Å². The van der Waals surface area contributed by atoms with Crippen molar-refractivity contribution < 1.29 is 0 Å².